The molecule has 1 aromatic heterocycles. The monoisotopic (exact) mass is 336 g/mol. The molecular weight excluding hydrogens is 304 g/mol. The summed E-state index contributed by atoms with van der Waals surface area (Å²) in [6.45, 7) is 11.6. The van der Waals surface area contributed by atoms with E-state index in [1.165, 1.54) is 0 Å². The first kappa shape index (κ1) is 20.2. The Bertz CT molecular complexity index is 506. The van der Waals surface area contributed by atoms with Gasteiger partial charge in [-0.1, -0.05) is 13.8 Å². The fourth-order valence-electron chi connectivity index (χ4n) is 2.56. The molecule has 0 unspecified atom stereocenters. The molecule has 0 saturated heterocycles. The topological polar surface area (TPSA) is 76.1 Å². The first-order chi connectivity index (χ1) is 11.3. The maximum absolute atomic E-state index is 11.8. The van der Waals surface area contributed by atoms with E-state index in [1.54, 1.807) is 6.20 Å². The number of hydrogen-bond acceptors (Lipinski definition) is 5. The van der Waals surface area contributed by atoms with Crippen LogP contribution in [-0.2, 0) is 4.74 Å². The van der Waals surface area contributed by atoms with Gasteiger partial charge in [-0.3, -0.25) is 0 Å². The van der Waals surface area contributed by atoms with Crippen LogP contribution in [0.5, 0.6) is 0 Å². The Morgan fingerprint density at radius 1 is 1.17 bits per heavy atom. The number of amides is 1. The van der Waals surface area contributed by atoms with Gasteiger partial charge in [-0.05, 0) is 59.4 Å². The summed E-state index contributed by atoms with van der Waals surface area (Å²) < 4.78 is 5.29. The number of anilines is 1. The lowest BCUT2D eigenvalue weighted by Crippen LogP contribution is -2.42. The van der Waals surface area contributed by atoms with E-state index in [-0.39, 0.29) is 12.1 Å². The normalized spacial score (nSPS) is 20.4. The molecule has 1 aromatic rings. The van der Waals surface area contributed by atoms with Gasteiger partial charge >= 0.3 is 6.09 Å². The van der Waals surface area contributed by atoms with E-state index >= 15 is 0 Å². The van der Waals surface area contributed by atoms with Gasteiger partial charge in [0, 0.05) is 24.0 Å². The summed E-state index contributed by atoms with van der Waals surface area (Å²) in [4.78, 5) is 20.4. The summed E-state index contributed by atoms with van der Waals surface area (Å²) >= 11 is 0. The van der Waals surface area contributed by atoms with Gasteiger partial charge in [-0.25, -0.2) is 14.8 Å². The summed E-state index contributed by atoms with van der Waals surface area (Å²) in [6.07, 6.45) is 5.27. The SMILES string of the molecule is CC.Cc1ccnc(NC2CCC(NC(=O)OC(C)(C)C)CC2)n1. The van der Waals surface area contributed by atoms with Crippen molar-refractivity contribution in [1.82, 2.24) is 15.3 Å². The number of carbonyl (C=O) groups is 1. The molecule has 1 heterocycles. The summed E-state index contributed by atoms with van der Waals surface area (Å²) in [7, 11) is 0. The third kappa shape index (κ3) is 7.62. The number of aryl methyl sites for hydroxylation is 1. The third-order valence-corrected chi connectivity index (χ3v) is 3.58. The van der Waals surface area contributed by atoms with Crippen LogP contribution in [-0.4, -0.2) is 33.7 Å². The molecular formula is C18H32N4O2. The van der Waals surface area contributed by atoms with E-state index in [0.717, 1.165) is 31.4 Å². The Kier molecular flexibility index (Phi) is 7.95. The molecule has 0 atom stereocenters. The van der Waals surface area contributed by atoms with E-state index < -0.39 is 5.60 Å². The Labute approximate surface area is 145 Å². The van der Waals surface area contributed by atoms with Crippen LogP contribution in [0.15, 0.2) is 12.3 Å². The van der Waals surface area contributed by atoms with Gasteiger partial charge in [-0.2, -0.15) is 0 Å². The highest BCUT2D eigenvalue weighted by Gasteiger charge is 2.25. The van der Waals surface area contributed by atoms with Crippen molar-refractivity contribution < 1.29 is 9.53 Å². The second kappa shape index (κ2) is 9.45. The van der Waals surface area contributed by atoms with Crippen LogP contribution >= 0.6 is 0 Å². The Morgan fingerprint density at radius 2 is 1.75 bits per heavy atom. The van der Waals surface area contributed by atoms with E-state index in [4.69, 9.17) is 4.74 Å². The van der Waals surface area contributed by atoms with Crippen molar-refractivity contribution in [3.63, 3.8) is 0 Å². The number of ether oxygens (including phenoxy) is 1. The highest BCUT2D eigenvalue weighted by molar-refractivity contribution is 5.68. The largest absolute Gasteiger partial charge is 0.444 e. The minimum atomic E-state index is -0.453. The summed E-state index contributed by atoms with van der Waals surface area (Å²) in [6, 6.07) is 2.43. The molecule has 0 radical (unpaired) electrons. The zero-order chi connectivity index (χ0) is 18.2. The molecule has 0 aromatic carbocycles. The molecule has 24 heavy (non-hydrogen) atoms. The first-order valence-electron chi connectivity index (χ1n) is 8.87. The van der Waals surface area contributed by atoms with Crippen LogP contribution in [0.4, 0.5) is 10.7 Å². The maximum Gasteiger partial charge on any atom is 0.407 e. The lowest BCUT2D eigenvalue weighted by atomic mass is 9.91. The number of hydrogen-bond donors (Lipinski definition) is 2. The molecule has 6 nitrogen and oxygen atoms in total. The fraction of sp³-hybridized carbons (Fsp3) is 0.722. The maximum atomic E-state index is 11.8. The molecule has 1 fully saturated rings. The molecule has 0 spiro atoms. The molecule has 2 N–H and O–H groups in total. The molecule has 6 heteroatoms. The number of nitrogens with zero attached hydrogens (tertiary/aromatic N) is 2. The van der Waals surface area contributed by atoms with Gasteiger partial charge in [0.25, 0.3) is 0 Å². The van der Waals surface area contributed by atoms with Gasteiger partial charge in [0.15, 0.2) is 0 Å². The standard InChI is InChI=1S/C16H26N4O2.C2H6/c1-11-9-10-17-14(18-11)19-12-5-7-13(8-6-12)20-15(21)22-16(2,3)4;1-2/h9-10,12-13H,5-8H2,1-4H3,(H,20,21)(H,17,18,19);1-2H3. The molecule has 1 aliphatic rings. The molecule has 1 amide bonds. The van der Waals surface area contributed by atoms with Crippen molar-refractivity contribution in [2.24, 2.45) is 0 Å². The van der Waals surface area contributed by atoms with Gasteiger partial charge < -0.3 is 15.4 Å². The average molecular weight is 336 g/mol. The molecule has 136 valence electrons. The predicted molar refractivity (Wildman–Crippen MR) is 97.2 cm³/mol. The number of rotatable bonds is 3. The van der Waals surface area contributed by atoms with Gasteiger partial charge in [-0.15, -0.1) is 0 Å². The lowest BCUT2D eigenvalue weighted by molar-refractivity contribution is 0.0492. The van der Waals surface area contributed by atoms with E-state index in [2.05, 4.69) is 20.6 Å². The van der Waals surface area contributed by atoms with Crippen LogP contribution in [0.1, 0.15) is 66.0 Å². The van der Waals surface area contributed by atoms with Gasteiger partial charge in [0.1, 0.15) is 5.60 Å². The van der Waals surface area contributed by atoms with Crippen molar-refractivity contribution in [3.05, 3.63) is 18.0 Å². The number of nitrogens with one attached hydrogen (secondary N) is 2. The Hall–Kier alpha value is -1.85. The highest BCUT2D eigenvalue weighted by atomic mass is 16.6. The summed E-state index contributed by atoms with van der Waals surface area (Å²) in [5, 5.41) is 6.32. The Balaban J connectivity index is 0.00000139. The molecule has 0 bridgehead atoms. The zero-order valence-electron chi connectivity index (χ0n) is 15.8. The average Bonchev–Trinajstić information content (AvgIpc) is 2.49. The fourth-order valence-corrected chi connectivity index (χ4v) is 2.56. The van der Waals surface area contributed by atoms with E-state index in [9.17, 15) is 4.79 Å². The Morgan fingerprint density at radius 3 is 2.29 bits per heavy atom. The van der Waals surface area contributed by atoms with Crippen molar-refractivity contribution >= 4 is 12.0 Å². The van der Waals surface area contributed by atoms with Crippen molar-refractivity contribution in [2.75, 3.05) is 5.32 Å². The van der Waals surface area contributed by atoms with Crippen LogP contribution in [0.25, 0.3) is 0 Å². The van der Waals surface area contributed by atoms with Crippen molar-refractivity contribution in [1.29, 1.82) is 0 Å². The van der Waals surface area contributed by atoms with Crippen LogP contribution in [0.3, 0.4) is 0 Å². The van der Waals surface area contributed by atoms with Crippen LogP contribution < -0.4 is 10.6 Å². The van der Waals surface area contributed by atoms with E-state index in [0.29, 0.717) is 12.0 Å². The second-order valence-electron chi connectivity index (χ2n) is 6.86. The third-order valence-electron chi connectivity index (χ3n) is 3.58. The highest BCUT2D eigenvalue weighted by Crippen LogP contribution is 2.21. The lowest BCUT2D eigenvalue weighted by Gasteiger charge is -2.30. The zero-order valence-corrected chi connectivity index (χ0v) is 15.8. The number of carbonyl (C=O) groups excluding carboxylic acids is 1. The molecule has 1 saturated carbocycles. The van der Waals surface area contributed by atoms with Crippen LogP contribution in [0, 0.1) is 6.92 Å². The van der Waals surface area contributed by atoms with Gasteiger partial charge in [0.05, 0.1) is 0 Å². The summed E-state index contributed by atoms with van der Waals surface area (Å²) in [5.74, 6) is 0.684. The summed E-state index contributed by atoms with van der Waals surface area (Å²) in [5.41, 5.74) is 0.503. The van der Waals surface area contributed by atoms with Gasteiger partial charge in [0.2, 0.25) is 5.95 Å². The molecule has 1 aliphatic carbocycles. The van der Waals surface area contributed by atoms with Crippen molar-refractivity contribution in [3.8, 4) is 0 Å². The second-order valence-corrected chi connectivity index (χ2v) is 6.86. The predicted octanol–water partition coefficient (Wildman–Crippen LogP) is 4.06. The smallest absolute Gasteiger partial charge is 0.407 e. The minimum absolute atomic E-state index is 0.186. The molecule has 2 rings (SSSR count). The molecule has 0 aliphatic heterocycles. The number of alkyl carbamates (subject to hydrolysis) is 1. The van der Waals surface area contributed by atoms with Crippen LogP contribution in [0.2, 0.25) is 0 Å². The van der Waals surface area contributed by atoms with Crippen molar-refractivity contribution in [2.45, 2.75) is 84.9 Å². The van der Waals surface area contributed by atoms with E-state index in [1.807, 2.05) is 47.6 Å². The minimum Gasteiger partial charge on any atom is -0.444 e. The number of aromatic nitrogens is 2. The quantitative estimate of drug-likeness (QED) is 0.870. The first-order valence-corrected chi connectivity index (χ1v) is 8.87.